The van der Waals surface area contributed by atoms with Gasteiger partial charge in [-0.15, -0.1) is 0 Å². The normalized spacial score (nSPS) is 10.7. The number of nitrogens with zero attached hydrogens (tertiary/aromatic N) is 1. The molecular weight excluding hydrogens is 298 g/mol. The fourth-order valence-corrected chi connectivity index (χ4v) is 2.71. The minimum absolute atomic E-state index is 0.244. The third-order valence-corrected chi connectivity index (χ3v) is 3.88. The molecule has 4 aromatic rings. The number of hydrogen-bond acceptors (Lipinski definition) is 3. The summed E-state index contributed by atoms with van der Waals surface area (Å²) in [7, 11) is 0. The zero-order valence-electron chi connectivity index (χ0n) is 12.9. The first kappa shape index (κ1) is 14.3. The van der Waals surface area contributed by atoms with Crippen LogP contribution in [0.2, 0.25) is 0 Å². The molecule has 116 valence electrons. The van der Waals surface area contributed by atoms with E-state index in [1.54, 1.807) is 12.3 Å². The van der Waals surface area contributed by atoms with Gasteiger partial charge in [-0.1, -0.05) is 48.5 Å². The second kappa shape index (κ2) is 6.05. The van der Waals surface area contributed by atoms with Crippen LogP contribution in [-0.2, 0) is 0 Å². The van der Waals surface area contributed by atoms with Crippen LogP contribution in [-0.4, -0.2) is 10.1 Å². The summed E-state index contributed by atoms with van der Waals surface area (Å²) in [5, 5.41) is 10.2. The Labute approximate surface area is 139 Å². The maximum Gasteiger partial charge on any atom is 0.152 e. The summed E-state index contributed by atoms with van der Waals surface area (Å²) < 4.78 is 5.51. The number of furan rings is 1. The zero-order valence-corrected chi connectivity index (χ0v) is 12.9. The fourth-order valence-electron chi connectivity index (χ4n) is 2.71. The smallest absolute Gasteiger partial charge is 0.152 e. The minimum Gasteiger partial charge on any atom is -0.507 e. The summed E-state index contributed by atoms with van der Waals surface area (Å²) in [4.78, 5) is 4.73. The lowest BCUT2D eigenvalue weighted by Gasteiger charge is -2.10. The molecule has 0 radical (unpaired) electrons. The number of aromatic nitrogens is 1. The summed E-state index contributed by atoms with van der Waals surface area (Å²) in [6.07, 6.45) is 1.63. The predicted molar refractivity (Wildman–Crippen MR) is 94.5 cm³/mol. The van der Waals surface area contributed by atoms with Crippen molar-refractivity contribution in [3.8, 4) is 39.6 Å². The second-order valence-corrected chi connectivity index (χ2v) is 5.49. The number of pyridine rings is 1. The molecule has 3 nitrogen and oxygen atoms in total. The van der Waals surface area contributed by atoms with E-state index in [1.807, 2.05) is 72.8 Å². The molecule has 0 atom stereocenters. The first-order valence-corrected chi connectivity index (χ1v) is 7.71. The van der Waals surface area contributed by atoms with Gasteiger partial charge < -0.3 is 9.52 Å². The molecule has 2 aromatic carbocycles. The Bertz CT molecular complexity index is 960. The summed E-state index contributed by atoms with van der Waals surface area (Å²) in [6, 6.07) is 24.9. The zero-order chi connectivity index (χ0) is 16.4. The average Bonchev–Trinajstić information content (AvgIpc) is 3.17. The summed E-state index contributed by atoms with van der Waals surface area (Å²) in [6.45, 7) is 0. The van der Waals surface area contributed by atoms with Gasteiger partial charge in [0.25, 0.3) is 0 Å². The van der Waals surface area contributed by atoms with E-state index in [4.69, 9.17) is 9.40 Å². The van der Waals surface area contributed by atoms with Crippen molar-refractivity contribution in [2.75, 3.05) is 0 Å². The van der Waals surface area contributed by atoms with E-state index in [-0.39, 0.29) is 5.75 Å². The highest BCUT2D eigenvalue weighted by atomic mass is 16.3. The molecule has 0 saturated heterocycles. The fraction of sp³-hybridized carbons (Fsp3) is 0. The van der Waals surface area contributed by atoms with Crippen molar-refractivity contribution in [2.24, 2.45) is 0 Å². The number of phenols is 1. The Morgan fingerprint density at radius 3 is 2.21 bits per heavy atom. The predicted octanol–water partition coefficient (Wildman–Crippen LogP) is 5.38. The van der Waals surface area contributed by atoms with Crippen molar-refractivity contribution < 1.29 is 9.52 Å². The van der Waals surface area contributed by atoms with Crippen LogP contribution in [0.1, 0.15) is 0 Å². The number of phenolic OH excluding ortho intramolecular Hbond substituents is 1. The Balaban J connectivity index is 1.94. The molecule has 0 fully saturated rings. The van der Waals surface area contributed by atoms with Crippen molar-refractivity contribution in [3.63, 3.8) is 0 Å². The largest absolute Gasteiger partial charge is 0.507 e. The quantitative estimate of drug-likeness (QED) is 0.552. The van der Waals surface area contributed by atoms with Gasteiger partial charge in [0.15, 0.2) is 5.76 Å². The van der Waals surface area contributed by atoms with E-state index in [0.29, 0.717) is 5.76 Å². The van der Waals surface area contributed by atoms with Gasteiger partial charge >= 0.3 is 0 Å². The summed E-state index contributed by atoms with van der Waals surface area (Å²) in [5.41, 5.74) is 4.25. The van der Waals surface area contributed by atoms with Crippen LogP contribution < -0.4 is 0 Å². The molecule has 24 heavy (non-hydrogen) atoms. The van der Waals surface area contributed by atoms with Crippen LogP contribution in [0.3, 0.4) is 0 Å². The molecule has 2 aromatic heterocycles. The van der Waals surface area contributed by atoms with Crippen LogP contribution in [0.4, 0.5) is 0 Å². The van der Waals surface area contributed by atoms with Crippen LogP contribution in [0, 0.1) is 0 Å². The molecule has 0 aliphatic rings. The van der Waals surface area contributed by atoms with Crippen LogP contribution in [0.25, 0.3) is 33.8 Å². The van der Waals surface area contributed by atoms with E-state index in [1.165, 1.54) is 0 Å². The maximum absolute atomic E-state index is 10.2. The minimum atomic E-state index is 0.244. The lowest BCUT2D eigenvalue weighted by molar-refractivity contribution is 0.477. The van der Waals surface area contributed by atoms with Gasteiger partial charge in [-0.3, -0.25) is 0 Å². The van der Waals surface area contributed by atoms with Crippen molar-refractivity contribution in [2.45, 2.75) is 0 Å². The van der Waals surface area contributed by atoms with Gasteiger partial charge in [0.05, 0.1) is 12.0 Å². The number of para-hydroxylation sites is 1. The van der Waals surface area contributed by atoms with Crippen LogP contribution in [0.5, 0.6) is 5.75 Å². The molecule has 0 bridgehead atoms. The van der Waals surface area contributed by atoms with Gasteiger partial charge in [-0.2, -0.15) is 0 Å². The molecule has 0 spiro atoms. The van der Waals surface area contributed by atoms with Crippen LogP contribution in [0.15, 0.2) is 89.5 Å². The number of rotatable bonds is 3. The first-order chi connectivity index (χ1) is 11.8. The maximum atomic E-state index is 10.2. The SMILES string of the molecule is Oc1ccccc1-c1cc(-c2ccccc2)nc(-c2ccco2)c1. The number of benzene rings is 2. The topological polar surface area (TPSA) is 46.3 Å². The molecule has 0 saturated carbocycles. The highest BCUT2D eigenvalue weighted by molar-refractivity contribution is 5.78. The molecule has 4 rings (SSSR count). The molecule has 2 heterocycles. The third kappa shape index (κ3) is 2.68. The second-order valence-electron chi connectivity index (χ2n) is 5.49. The van der Waals surface area contributed by atoms with Crippen LogP contribution >= 0.6 is 0 Å². The van der Waals surface area contributed by atoms with Crippen molar-refractivity contribution in [1.29, 1.82) is 0 Å². The highest BCUT2D eigenvalue weighted by Crippen LogP contribution is 2.34. The lowest BCUT2D eigenvalue weighted by Crippen LogP contribution is -1.90. The third-order valence-electron chi connectivity index (χ3n) is 3.88. The van der Waals surface area contributed by atoms with Crippen molar-refractivity contribution in [3.05, 3.63) is 85.1 Å². The Kier molecular flexibility index (Phi) is 3.60. The summed E-state index contributed by atoms with van der Waals surface area (Å²) >= 11 is 0. The van der Waals surface area contributed by atoms with E-state index >= 15 is 0 Å². The standard InChI is InChI=1S/C21H15NO2/c23-20-10-5-4-9-17(20)16-13-18(15-7-2-1-3-8-15)22-19(14-16)21-11-6-12-24-21/h1-14,23H. The average molecular weight is 313 g/mol. The van der Waals surface area contributed by atoms with Gasteiger partial charge in [0.2, 0.25) is 0 Å². The molecule has 0 unspecified atom stereocenters. The van der Waals surface area contributed by atoms with Gasteiger partial charge in [-0.05, 0) is 35.9 Å². The molecule has 0 aliphatic carbocycles. The van der Waals surface area contributed by atoms with Gasteiger partial charge in [0.1, 0.15) is 11.4 Å². The van der Waals surface area contributed by atoms with Gasteiger partial charge in [-0.25, -0.2) is 4.98 Å². The van der Waals surface area contributed by atoms with E-state index in [0.717, 1.165) is 28.1 Å². The molecule has 1 N–H and O–H groups in total. The van der Waals surface area contributed by atoms with E-state index in [9.17, 15) is 5.11 Å². The van der Waals surface area contributed by atoms with Crippen molar-refractivity contribution >= 4 is 0 Å². The Morgan fingerprint density at radius 2 is 1.46 bits per heavy atom. The van der Waals surface area contributed by atoms with E-state index in [2.05, 4.69) is 0 Å². The van der Waals surface area contributed by atoms with Crippen molar-refractivity contribution in [1.82, 2.24) is 4.98 Å². The molecule has 0 aliphatic heterocycles. The highest BCUT2D eigenvalue weighted by Gasteiger charge is 2.12. The Hall–Kier alpha value is -3.33. The van der Waals surface area contributed by atoms with E-state index < -0.39 is 0 Å². The van der Waals surface area contributed by atoms with Gasteiger partial charge in [0, 0.05) is 11.1 Å². The number of hydrogen-bond donors (Lipinski definition) is 1. The monoisotopic (exact) mass is 313 g/mol. The Morgan fingerprint density at radius 1 is 0.708 bits per heavy atom. The lowest BCUT2D eigenvalue weighted by atomic mass is 10.0. The summed E-state index contributed by atoms with van der Waals surface area (Å²) in [5.74, 6) is 0.942. The molecule has 3 heteroatoms. The number of aromatic hydroxyl groups is 1. The molecule has 0 amide bonds. The molecular formula is C21H15NO2. The first-order valence-electron chi connectivity index (χ1n) is 7.71.